The molecule has 0 saturated heterocycles. The number of rotatable bonds is 9. The zero-order chi connectivity index (χ0) is 15.7. The van der Waals surface area contributed by atoms with Crippen LogP contribution in [0.4, 0.5) is 11.4 Å². The van der Waals surface area contributed by atoms with E-state index >= 15 is 0 Å². The van der Waals surface area contributed by atoms with Crippen LogP contribution in [0.15, 0.2) is 18.2 Å². The molecule has 21 heavy (non-hydrogen) atoms. The monoisotopic (exact) mass is 297 g/mol. The first kappa shape index (κ1) is 16.9. The predicted molar refractivity (Wildman–Crippen MR) is 77.2 cm³/mol. The third-order valence-electron chi connectivity index (χ3n) is 2.67. The number of carbonyl (C=O) groups is 1. The molecule has 0 aliphatic rings. The number of nitrogens with two attached hydrogens (primary N) is 1. The summed E-state index contributed by atoms with van der Waals surface area (Å²) >= 11 is 0. The minimum Gasteiger partial charge on any atom is -0.393 e. The molecule has 1 aromatic rings. The zero-order valence-corrected chi connectivity index (χ0v) is 11.8. The molecule has 8 heteroatoms. The van der Waals surface area contributed by atoms with Crippen molar-refractivity contribution in [3.05, 3.63) is 33.9 Å². The Balaban J connectivity index is 2.39. The summed E-state index contributed by atoms with van der Waals surface area (Å²) in [5, 5.41) is 13.4. The molecule has 0 fully saturated rings. The van der Waals surface area contributed by atoms with Crippen LogP contribution in [0.5, 0.6) is 0 Å². The summed E-state index contributed by atoms with van der Waals surface area (Å²) in [5.74, 6) is -0.380. The van der Waals surface area contributed by atoms with Crippen LogP contribution in [0.3, 0.4) is 0 Å². The van der Waals surface area contributed by atoms with Gasteiger partial charge in [0.25, 0.3) is 11.6 Å². The lowest BCUT2D eigenvalue weighted by atomic mass is 10.1. The van der Waals surface area contributed by atoms with Crippen molar-refractivity contribution in [3.8, 4) is 0 Å². The first-order valence-corrected chi connectivity index (χ1v) is 6.45. The van der Waals surface area contributed by atoms with E-state index in [4.69, 9.17) is 15.2 Å². The summed E-state index contributed by atoms with van der Waals surface area (Å²) in [5.41, 5.74) is 5.43. The van der Waals surface area contributed by atoms with E-state index in [0.29, 0.717) is 32.8 Å². The molecule has 0 aliphatic carbocycles. The Bertz CT molecular complexity index is 493. The van der Waals surface area contributed by atoms with Gasteiger partial charge < -0.3 is 20.5 Å². The Morgan fingerprint density at radius 1 is 1.38 bits per heavy atom. The topological polar surface area (TPSA) is 117 Å². The van der Waals surface area contributed by atoms with Gasteiger partial charge in [0.05, 0.1) is 18.1 Å². The highest BCUT2D eigenvalue weighted by Crippen LogP contribution is 2.22. The average molecular weight is 297 g/mol. The SMILES string of the molecule is COCCOCCCNC(=O)c1ccc(N)c([N+](=O)[O-])c1. The van der Waals surface area contributed by atoms with Crippen molar-refractivity contribution in [1.82, 2.24) is 5.32 Å². The van der Waals surface area contributed by atoms with Crippen molar-refractivity contribution in [2.75, 3.05) is 39.2 Å². The van der Waals surface area contributed by atoms with Crippen molar-refractivity contribution in [2.45, 2.75) is 6.42 Å². The molecule has 0 aliphatic heterocycles. The van der Waals surface area contributed by atoms with Gasteiger partial charge >= 0.3 is 0 Å². The second kappa shape index (κ2) is 8.88. The second-order valence-electron chi connectivity index (χ2n) is 4.25. The van der Waals surface area contributed by atoms with E-state index in [1.54, 1.807) is 7.11 Å². The predicted octanol–water partition coefficient (Wildman–Crippen LogP) is 0.960. The molecular weight excluding hydrogens is 278 g/mol. The fourth-order valence-corrected chi connectivity index (χ4v) is 1.57. The molecule has 0 unspecified atom stereocenters. The number of nitro groups is 1. The second-order valence-corrected chi connectivity index (χ2v) is 4.25. The van der Waals surface area contributed by atoms with Gasteiger partial charge in [0, 0.05) is 31.9 Å². The largest absolute Gasteiger partial charge is 0.393 e. The minimum absolute atomic E-state index is 0.0306. The number of methoxy groups -OCH3 is 1. The van der Waals surface area contributed by atoms with Crippen LogP contribution >= 0.6 is 0 Å². The van der Waals surface area contributed by atoms with Crippen molar-refractivity contribution in [2.24, 2.45) is 0 Å². The molecule has 8 nitrogen and oxygen atoms in total. The number of ether oxygens (including phenoxy) is 2. The molecule has 116 valence electrons. The van der Waals surface area contributed by atoms with Crippen LogP contribution in [0.25, 0.3) is 0 Å². The number of anilines is 1. The molecule has 1 aromatic carbocycles. The van der Waals surface area contributed by atoms with Gasteiger partial charge in [-0.25, -0.2) is 0 Å². The van der Waals surface area contributed by atoms with Gasteiger partial charge in [-0.1, -0.05) is 0 Å². The van der Waals surface area contributed by atoms with Gasteiger partial charge in [-0.3, -0.25) is 14.9 Å². The quantitative estimate of drug-likeness (QED) is 0.303. The van der Waals surface area contributed by atoms with Crippen molar-refractivity contribution in [1.29, 1.82) is 0 Å². The van der Waals surface area contributed by atoms with Crippen LogP contribution in [0.2, 0.25) is 0 Å². The molecule has 0 saturated carbocycles. The smallest absolute Gasteiger partial charge is 0.292 e. The lowest BCUT2D eigenvalue weighted by Crippen LogP contribution is -2.25. The van der Waals surface area contributed by atoms with Crippen LogP contribution in [-0.4, -0.2) is 44.3 Å². The van der Waals surface area contributed by atoms with Crippen LogP contribution in [0, 0.1) is 10.1 Å². The number of nitrogens with zero attached hydrogens (tertiary/aromatic N) is 1. The lowest BCUT2D eigenvalue weighted by molar-refractivity contribution is -0.383. The Morgan fingerprint density at radius 3 is 2.81 bits per heavy atom. The van der Waals surface area contributed by atoms with E-state index in [-0.39, 0.29) is 22.8 Å². The number of hydrogen-bond acceptors (Lipinski definition) is 6. The molecule has 0 spiro atoms. The molecule has 0 heterocycles. The van der Waals surface area contributed by atoms with E-state index in [0.717, 1.165) is 0 Å². The Kier molecular flexibility index (Phi) is 7.13. The standard InChI is InChI=1S/C13H19N3O5/c1-20-7-8-21-6-2-5-15-13(17)10-3-4-11(14)12(9-10)16(18)19/h3-4,9H,2,5-8,14H2,1H3,(H,15,17). The first-order chi connectivity index (χ1) is 10.1. The van der Waals surface area contributed by atoms with Crippen molar-refractivity contribution >= 4 is 17.3 Å². The highest BCUT2D eigenvalue weighted by atomic mass is 16.6. The maximum absolute atomic E-state index is 11.8. The van der Waals surface area contributed by atoms with Crippen molar-refractivity contribution < 1.29 is 19.2 Å². The number of benzene rings is 1. The summed E-state index contributed by atoms with van der Waals surface area (Å²) in [6.07, 6.45) is 0.645. The van der Waals surface area contributed by atoms with Crippen LogP contribution in [-0.2, 0) is 9.47 Å². The van der Waals surface area contributed by atoms with Gasteiger partial charge in [-0.2, -0.15) is 0 Å². The van der Waals surface area contributed by atoms with E-state index in [2.05, 4.69) is 5.32 Å². The van der Waals surface area contributed by atoms with Crippen molar-refractivity contribution in [3.63, 3.8) is 0 Å². The maximum atomic E-state index is 11.8. The third-order valence-corrected chi connectivity index (χ3v) is 2.67. The van der Waals surface area contributed by atoms with E-state index in [1.165, 1.54) is 18.2 Å². The molecule has 0 radical (unpaired) electrons. The minimum atomic E-state index is -0.615. The number of nitro benzene ring substituents is 1. The Hall–Kier alpha value is -2.19. The lowest BCUT2D eigenvalue weighted by Gasteiger charge is -2.06. The fraction of sp³-hybridized carbons (Fsp3) is 0.462. The van der Waals surface area contributed by atoms with Crippen LogP contribution in [0.1, 0.15) is 16.8 Å². The molecule has 1 amide bonds. The van der Waals surface area contributed by atoms with Gasteiger partial charge in [0.1, 0.15) is 5.69 Å². The summed E-state index contributed by atoms with van der Waals surface area (Å²) < 4.78 is 10.1. The number of amides is 1. The maximum Gasteiger partial charge on any atom is 0.292 e. The number of hydrogen-bond donors (Lipinski definition) is 2. The normalized spacial score (nSPS) is 10.3. The Morgan fingerprint density at radius 2 is 2.14 bits per heavy atom. The third kappa shape index (κ3) is 5.76. The summed E-state index contributed by atoms with van der Waals surface area (Å²) in [7, 11) is 1.59. The zero-order valence-electron chi connectivity index (χ0n) is 11.8. The van der Waals surface area contributed by atoms with Gasteiger partial charge in [0.15, 0.2) is 0 Å². The number of carbonyl (C=O) groups excluding carboxylic acids is 1. The van der Waals surface area contributed by atoms with Gasteiger partial charge in [0.2, 0.25) is 0 Å². The van der Waals surface area contributed by atoms with Gasteiger partial charge in [-0.15, -0.1) is 0 Å². The fourth-order valence-electron chi connectivity index (χ4n) is 1.57. The van der Waals surface area contributed by atoms with E-state index in [9.17, 15) is 14.9 Å². The summed E-state index contributed by atoms with van der Waals surface area (Å²) in [6.45, 7) is 1.96. The highest BCUT2D eigenvalue weighted by Gasteiger charge is 2.15. The molecule has 3 N–H and O–H groups in total. The van der Waals surface area contributed by atoms with E-state index < -0.39 is 4.92 Å². The average Bonchev–Trinajstić information content (AvgIpc) is 2.46. The van der Waals surface area contributed by atoms with Crippen LogP contribution < -0.4 is 11.1 Å². The molecule has 0 bridgehead atoms. The van der Waals surface area contributed by atoms with Gasteiger partial charge in [-0.05, 0) is 18.6 Å². The Labute approximate surface area is 122 Å². The molecular formula is C13H19N3O5. The molecule has 1 rings (SSSR count). The first-order valence-electron chi connectivity index (χ1n) is 6.45. The highest BCUT2D eigenvalue weighted by molar-refractivity contribution is 5.95. The summed E-state index contributed by atoms with van der Waals surface area (Å²) in [6, 6.07) is 3.97. The number of nitrogen functional groups attached to an aromatic ring is 1. The summed E-state index contributed by atoms with van der Waals surface area (Å²) in [4.78, 5) is 22.0. The van der Waals surface area contributed by atoms with E-state index in [1.807, 2.05) is 0 Å². The molecule has 0 aromatic heterocycles. The number of nitrogens with one attached hydrogen (secondary N) is 1. The molecule has 0 atom stereocenters.